The Morgan fingerprint density at radius 3 is 3.00 bits per heavy atom. The van der Waals surface area contributed by atoms with E-state index < -0.39 is 0 Å². The van der Waals surface area contributed by atoms with Crippen molar-refractivity contribution < 1.29 is 0 Å². The van der Waals surface area contributed by atoms with Crippen molar-refractivity contribution in [3.05, 3.63) is 47.7 Å². The molecule has 0 radical (unpaired) electrons. The first-order chi connectivity index (χ1) is 5.79. The monoisotopic (exact) mass is 161 g/mol. The Morgan fingerprint density at radius 1 is 1.67 bits per heavy atom. The third-order valence-corrected chi connectivity index (χ3v) is 2.05. The predicted octanol–water partition coefficient (Wildman–Crippen LogP) is 2.68. The highest BCUT2D eigenvalue weighted by Gasteiger charge is 2.07. The Morgan fingerprint density at radius 2 is 2.42 bits per heavy atom. The molecule has 0 aromatic carbocycles. The van der Waals surface area contributed by atoms with E-state index in [0.717, 1.165) is 18.5 Å². The molecule has 1 rings (SSSR count). The summed E-state index contributed by atoms with van der Waals surface area (Å²) >= 11 is 0. The summed E-state index contributed by atoms with van der Waals surface area (Å²) < 4.78 is 0. The molecule has 1 nitrogen and oxygen atoms in total. The molecule has 0 bridgehead atoms. The van der Waals surface area contributed by atoms with E-state index in [4.69, 9.17) is 5.73 Å². The molecule has 0 aliphatic heterocycles. The molecule has 0 aromatic rings. The van der Waals surface area contributed by atoms with Crippen LogP contribution < -0.4 is 5.73 Å². The average molecular weight is 161 g/mol. The molecule has 2 N–H and O–H groups in total. The second kappa shape index (κ2) is 3.96. The Kier molecular flexibility index (Phi) is 2.92. The minimum absolute atomic E-state index is 0.930. The Labute approximate surface area is 74.0 Å². The molecule has 0 unspecified atom stereocenters. The highest BCUT2D eigenvalue weighted by Crippen LogP contribution is 2.22. The van der Waals surface area contributed by atoms with Crippen molar-refractivity contribution in [2.75, 3.05) is 0 Å². The van der Waals surface area contributed by atoms with Gasteiger partial charge in [0.15, 0.2) is 0 Å². The van der Waals surface area contributed by atoms with Gasteiger partial charge in [0.2, 0.25) is 0 Å². The van der Waals surface area contributed by atoms with Crippen LogP contribution in [0.1, 0.15) is 19.8 Å². The van der Waals surface area contributed by atoms with Gasteiger partial charge in [0.1, 0.15) is 0 Å². The normalized spacial score (nSPS) is 20.2. The van der Waals surface area contributed by atoms with Crippen molar-refractivity contribution in [2.45, 2.75) is 19.8 Å². The molecule has 0 amide bonds. The zero-order valence-electron chi connectivity index (χ0n) is 7.51. The molecule has 0 saturated carbocycles. The van der Waals surface area contributed by atoms with E-state index in [1.807, 2.05) is 6.08 Å². The van der Waals surface area contributed by atoms with Crippen LogP contribution in [-0.4, -0.2) is 0 Å². The lowest BCUT2D eigenvalue weighted by molar-refractivity contribution is 1.04. The van der Waals surface area contributed by atoms with Gasteiger partial charge < -0.3 is 5.73 Å². The third kappa shape index (κ3) is 1.67. The maximum atomic E-state index is 5.93. The summed E-state index contributed by atoms with van der Waals surface area (Å²) in [4.78, 5) is 0. The Balaban J connectivity index is 2.98. The molecule has 0 heterocycles. The molecule has 0 atom stereocenters. The van der Waals surface area contributed by atoms with E-state index >= 15 is 0 Å². The van der Waals surface area contributed by atoms with Crippen molar-refractivity contribution in [1.29, 1.82) is 0 Å². The van der Waals surface area contributed by atoms with Crippen LogP contribution in [0.25, 0.3) is 0 Å². The van der Waals surface area contributed by atoms with E-state index in [0.29, 0.717) is 0 Å². The zero-order chi connectivity index (χ0) is 8.97. The summed E-state index contributed by atoms with van der Waals surface area (Å²) in [5.74, 6) is 0. The van der Waals surface area contributed by atoms with Crippen molar-refractivity contribution in [3.63, 3.8) is 0 Å². The Bertz CT molecular complexity index is 267. The van der Waals surface area contributed by atoms with Crippen molar-refractivity contribution in [2.24, 2.45) is 5.73 Å². The van der Waals surface area contributed by atoms with Crippen molar-refractivity contribution >= 4 is 0 Å². The van der Waals surface area contributed by atoms with Crippen molar-refractivity contribution in [1.82, 2.24) is 0 Å². The Hall–Kier alpha value is -1.24. The summed E-state index contributed by atoms with van der Waals surface area (Å²) in [5, 5.41) is 0. The fraction of sp³-hybridized carbons (Fsp3) is 0.273. The van der Waals surface area contributed by atoms with Gasteiger partial charge in [-0.3, -0.25) is 0 Å². The minimum atomic E-state index is 0.930. The molecule has 12 heavy (non-hydrogen) atoms. The van der Waals surface area contributed by atoms with Gasteiger partial charge in [0, 0.05) is 5.70 Å². The van der Waals surface area contributed by atoms with Crippen LogP contribution in [0.2, 0.25) is 0 Å². The SMILES string of the molecule is C=C/C=C1\CC=CC(CC)=C1N. The van der Waals surface area contributed by atoms with E-state index in [9.17, 15) is 0 Å². The summed E-state index contributed by atoms with van der Waals surface area (Å²) in [6.45, 7) is 5.78. The van der Waals surface area contributed by atoms with Gasteiger partial charge in [-0.1, -0.05) is 37.8 Å². The second-order valence-electron chi connectivity index (χ2n) is 2.83. The van der Waals surface area contributed by atoms with Crippen LogP contribution in [0.4, 0.5) is 0 Å². The molecular formula is C11H15N. The van der Waals surface area contributed by atoms with Gasteiger partial charge in [0.05, 0.1) is 0 Å². The molecule has 0 fully saturated rings. The maximum Gasteiger partial charge on any atom is 0.0382 e. The first-order valence-corrected chi connectivity index (χ1v) is 4.26. The molecule has 1 heteroatoms. The first-order valence-electron chi connectivity index (χ1n) is 4.26. The number of hydrogen-bond acceptors (Lipinski definition) is 1. The summed E-state index contributed by atoms with van der Waals surface area (Å²) in [5.41, 5.74) is 9.28. The molecule has 0 saturated heterocycles. The number of allylic oxidation sites excluding steroid dienone is 6. The highest BCUT2D eigenvalue weighted by molar-refractivity contribution is 5.44. The van der Waals surface area contributed by atoms with Gasteiger partial charge in [-0.05, 0) is 24.0 Å². The van der Waals surface area contributed by atoms with Gasteiger partial charge in [-0.25, -0.2) is 0 Å². The van der Waals surface area contributed by atoms with Crippen molar-refractivity contribution in [3.8, 4) is 0 Å². The van der Waals surface area contributed by atoms with Gasteiger partial charge >= 0.3 is 0 Å². The van der Waals surface area contributed by atoms with Crippen LogP contribution in [0.3, 0.4) is 0 Å². The van der Waals surface area contributed by atoms with Crippen LogP contribution in [0, 0.1) is 0 Å². The first kappa shape index (κ1) is 8.85. The van der Waals surface area contributed by atoms with Gasteiger partial charge in [-0.15, -0.1) is 0 Å². The fourth-order valence-electron chi connectivity index (χ4n) is 1.34. The van der Waals surface area contributed by atoms with E-state index in [2.05, 4.69) is 25.7 Å². The molecule has 1 aliphatic carbocycles. The molecule has 0 aromatic heterocycles. The van der Waals surface area contributed by atoms with Crippen LogP contribution in [0.15, 0.2) is 47.7 Å². The molecule has 0 spiro atoms. The minimum Gasteiger partial charge on any atom is -0.398 e. The van der Waals surface area contributed by atoms with Gasteiger partial charge in [0.25, 0.3) is 0 Å². The second-order valence-corrected chi connectivity index (χ2v) is 2.83. The number of rotatable bonds is 2. The van der Waals surface area contributed by atoms with E-state index in [1.54, 1.807) is 6.08 Å². The quantitative estimate of drug-likeness (QED) is 0.662. The largest absolute Gasteiger partial charge is 0.398 e. The lowest BCUT2D eigenvalue weighted by Crippen LogP contribution is -2.07. The lowest BCUT2D eigenvalue weighted by Gasteiger charge is -2.13. The maximum absolute atomic E-state index is 5.93. The predicted molar refractivity (Wildman–Crippen MR) is 53.5 cm³/mol. The van der Waals surface area contributed by atoms with E-state index in [-0.39, 0.29) is 0 Å². The lowest BCUT2D eigenvalue weighted by atomic mass is 9.96. The standard InChI is InChI=1S/C11H15N/c1-3-6-10-8-5-7-9(4-2)11(10)12/h3,5-7H,1,4,8,12H2,2H3/b10-6+. The smallest absolute Gasteiger partial charge is 0.0382 e. The highest BCUT2D eigenvalue weighted by atomic mass is 14.6. The third-order valence-electron chi connectivity index (χ3n) is 2.05. The molecule has 1 aliphatic rings. The number of hydrogen-bond donors (Lipinski definition) is 1. The zero-order valence-corrected chi connectivity index (χ0v) is 7.51. The topological polar surface area (TPSA) is 26.0 Å². The summed E-state index contributed by atoms with van der Waals surface area (Å²) in [6, 6.07) is 0. The van der Waals surface area contributed by atoms with Crippen LogP contribution >= 0.6 is 0 Å². The van der Waals surface area contributed by atoms with Crippen LogP contribution in [-0.2, 0) is 0 Å². The fourth-order valence-corrected chi connectivity index (χ4v) is 1.34. The summed E-state index contributed by atoms with van der Waals surface area (Å²) in [7, 11) is 0. The average Bonchev–Trinajstić information content (AvgIpc) is 2.09. The van der Waals surface area contributed by atoms with Crippen LogP contribution in [0.5, 0.6) is 0 Å². The summed E-state index contributed by atoms with van der Waals surface area (Å²) in [6.07, 6.45) is 9.95. The molecular weight excluding hydrogens is 146 g/mol. The van der Waals surface area contributed by atoms with E-state index in [1.165, 1.54) is 11.1 Å². The van der Waals surface area contributed by atoms with Gasteiger partial charge in [-0.2, -0.15) is 0 Å². The molecule has 64 valence electrons. The number of nitrogens with two attached hydrogens (primary N) is 1.